The zero-order valence-corrected chi connectivity index (χ0v) is 12.9. The van der Waals surface area contributed by atoms with Crippen molar-refractivity contribution < 1.29 is 14.3 Å². The average Bonchev–Trinajstić information content (AvgIpc) is 2.54. The number of piperazine rings is 1. The molecule has 0 spiro atoms. The lowest BCUT2D eigenvalue weighted by atomic mass is 10.2. The molecule has 1 aliphatic heterocycles. The first kappa shape index (κ1) is 16.1. The summed E-state index contributed by atoms with van der Waals surface area (Å²) in [4.78, 5) is 26.8. The lowest BCUT2D eigenvalue weighted by Crippen LogP contribution is -2.55. The quantitative estimate of drug-likeness (QED) is 0.841. The highest BCUT2D eigenvalue weighted by Crippen LogP contribution is 2.20. The molecule has 1 aromatic rings. The average molecular weight is 306 g/mol. The van der Waals surface area contributed by atoms with E-state index in [0.29, 0.717) is 0 Å². The normalized spacial score (nSPS) is 16.9. The van der Waals surface area contributed by atoms with E-state index in [1.165, 1.54) is 0 Å². The van der Waals surface area contributed by atoms with Crippen LogP contribution in [0.5, 0.6) is 5.75 Å². The Morgan fingerprint density at radius 1 is 1.18 bits per heavy atom. The highest BCUT2D eigenvalue weighted by Gasteiger charge is 2.26. The van der Waals surface area contributed by atoms with Crippen molar-refractivity contribution >= 4 is 17.6 Å². The summed E-state index contributed by atoms with van der Waals surface area (Å²) < 4.78 is 5.15. The van der Waals surface area contributed by atoms with Crippen LogP contribution < -0.4 is 20.7 Å². The number of urea groups is 1. The number of benzene rings is 1. The molecule has 2 rings (SSSR count). The van der Waals surface area contributed by atoms with Crippen molar-refractivity contribution in [1.82, 2.24) is 10.2 Å². The van der Waals surface area contributed by atoms with Gasteiger partial charge in [-0.3, -0.25) is 15.0 Å². The molecule has 0 bridgehead atoms. The van der Waals surface area contributed by atoms with E-state index in [4.69, 9.17) is 10.5 Å². The van der Waals surface area contributed by atoms with E-state index in [1.54, 1.807) is 14.0 Å². The van der Waals surface area contributed by atoms with Crippen LogP contribution in [-0.2, 0) is 4.79 Å². The molecule has 0 aromatic heterocycles. The van der Waals surface area contributed by atoms with Gasteiger partial charge in [-0.2, -0.15) is 0 Å². The SMILES string of the molecule is COc1ccc(N2CCN([C@H](C)C(=O)NC(N)=O)CC2)cc1. The van der Waals surface area contributed by atoms with Gasteiger partial charge in [-0.1, -0.05) is 0 Å². The molecule has 3 N–H and O–H groups in total. The van der Waals surface area contributed by atoms with Crippen LogP contribution in [0.2, 0.25) is 0 Å². The molecule has 0 radical (unpaired) electrons. The van der Waals surface area contributed by atoms with Gasteiger partial charge in [0.05, 0.1) is 13.2 Å². The Balaban J connectivity index is 1.89. The second kappa shape index (κ2) is 7.13. The standard InChI is InChI=1S/C15H22N4O3/c1-11(14(20)17-15(16)21)18-7-9-19(10-8-18)12-3-5-13(22-2)6-4-12/h3-6,11H,7-10H2,1-2H3,(H3,16,17,20,21)/t11-/m1/s1. The van der Waals surface area contributed by atoms with Gasteiger partial charge in [0.15, 0.2) is 0 Å². The highest BCUT2D eigenvalue weighted by molar-refractivity contribution is 5.96. The van der Waals surface area contributed by atoms with Crippen LogP contribution in [0.3, 0.4) is 0 Å². The van der Waals surface area contributed by atoms with Gasteiger partial charge >= 0.3 is 6.03 Å². The monoisotopic (exact) mass is 306 g/mol. The van der Waals surface area contributed by atoms with Gasteiger partial charge in [0.25, 0.3) is 0 Å². The number of nitrogens with one attached hydrogen (secondary N) is 1. The van der Waals surface area contributed by atoms with Gasteiger partial charge < -0.3 is 15.4 Å². The number of methoxy groups -OCH3 is 1. The summed E-state index contributed by atoms with van der Waals surface area (Å²) >= 11 is 0. The number of carbonyl (C=O) groups is 2. The van der Waals surface area contributed by atoms with Crippen LogP contribution in [0.4, 0.5) is 10.5 Å². The lowest BCUT2D eigenvalue weighted by molar-refractivity contribution is -0.124. The molecule has 1 fully saturated rings. The molecule has 1 aliphatic rings. The number of amides is 3. The zero-order chi connectivity index (χ0) is 16.1. The summed E-state index contributed by atoms with van der Waals surface area (Å²) in [5.74, 6) is 0.476. The fourth-order valence-corrected chi connectivity index (χ4v) is 2.55. The number of ether oxygens (including phenoxy) is 1. The molecule has 7 heteroatoms. The summed E-state index contributed by atoms with van der Waals surface area (Å²) in [6.45, 7) is 4.92. The van der Waals surface area contributed by atoms with Gasteiger partial charge in [0.1, 0.15) is 5.75 Å². The Morgan fingerprint density at radius 2 is 1.77 bits per heavy atom. The summed E-state index contributed by atoms with van der Waals surface area (Å²) in [6, 6.07) is 6.74. The zero-order valence-electron chi connectivity index (χ0n) is 12.9. The fraction of sp³-hybridized carbons (Fsp3) is 0.467. The van der Waals surface area contributed by atoms with Crippen LogP contribution in [0.15, 0.2) is 24.3 Å². The number of hydrogen-bond acceptors (Lipinski definition) is 5. The molecule has 7 nitrogen and oxygen atoms in total. The fourth-order valence-electron chi connectivity index (χ4n) is 2.55. The van der Waals surface area contributed by atoms with Crippen molar-refractivity contribution in [1.29, 1.82) is 0 Å². The summed E-state index contributed by atoms with van der Waals surface area (Å²) in [5.41, 5.74) is 6.11. The van der Waals surface area contributed by atoms with E-state index < -0.39 is 6.03 Å². The molecule has 22 heavy (non-hydrogen) atoms. The molecular weight excluding hydrogens is 284 g/mol. The van der Waals surface area contributed by atoms with E-state index in [2.05, 4.69) is 10.2 Å². The van der Waals surface area contributed by atoms with Crippen molar-refractivity contribution in [3.63, 3.8) is 0 Å². The number of primary amides is 1. The number of hydrogen-bond donors (Lipinski definition) is 2. The van der Waals surface area contributed by atoms with Gasteiger partial charge in [-0.25, -0.2) is 4.79 Å². The van der Waals surface area contributed by atoms with Crippen LogP contribution >= 0.6 is 0 Å². The van der Waals surface area contributed by atoms with Crippen LogP contribution in [0.25, 0.3) is 0 Å². The maximum atomic E-state index is 11.8. The second-order valence-corrected chi connectivity index (χ2v) is 5.25. The number of nitrogens with two attached hydrogens (primary N) is 1. The van der Waals surface area contributed by atoms with Crippen LogP contribution in [0, 0.1) is 0 Å². The number of rotatable bonds is 4. The minimum atomic E-state index is -0.811. The second-order valence-electron chi connectivity index (χ2n) is 5.25. The maximum Gasteiger partial charge on any atom is 0.318 e. The third kappa shape index (κ3) is 3.88. The lowest BCUT2D eigenvalue weighted by Gasteiger charge is -2.38. The minimum Gasteiger partial charge on any atom is -0.497 e. The predicted octanol–water partition coefficient (Wildman–Crippen LogP) is 0.401. The molecule has 0 saturated carbocycles. The molecule has 1 heterocycles. The maximum absolute atomic E-state index is 11.8. The van der Waals surface area contributed by atoms with E-state index in [0.717, 1.165) is 37.6 Å². The number of anilines is 1. The topological polar surface area (TPSA) is 87.9 Å². The Morgan fingerprint density at radius 3 is 2.27 bits per heavy atom. The summed E-state index contributed by atoms with van der Waals surface area (Å²) in [5, 5.41) is 2.13. The van der Waals surface area contributed by atoms with Crippen LogP contribution in [0.1, 0.15) is 6.92 Å². The van der Waals surface area contributed by atoms with Gasteiger partial charge in [0, 0.05) is 31.9 Å². The molecule has 1 aromatic carbocycles. The first-order chi connectivity index (χ1) is 10.5. The molecule has 120 valence electrons. The first-order valence-corrected chi connectivity index (χ1v) is 7.24. The Hall–Kier alpha value is -2.28. The first-order valence-electron chi connectivity index (χ1n) is 7.24. The molecule has 3 amide bonds. The molecular formula is C15H22N4O3. The third-order valence-corrected chi connectivity index (χ3v) is 3.93. The number of imide groups is 1. The smallest absolute Gasteiger partial charge is 0.318 e. The Labute approximate surface area is 130 Å². The highest BCUT2D eigenvalue weighted by atomic mass is 16.5. The van der Waals surface area contributed by atoms with E-state index in [9.17, 15) is 9.59 Å². The van der Waals surface area contributed by atoms with Gasteiger partial charge in [-0.15, -0.1) is 0 Å². The molecule has 1 atom stereocenters. The third-order valence-electron chi connectivity index (χ3n) is 3.93. The van der Waals surface area contributed by atoms with E-state index >= 15 is 0 Å². The largest absolute Gasteiger partial charge is 0.497 e. The van der Waals surface area contributed by atoms with Gasteiger partial charge in [0.2, 0.25) is 5.91 Å². The van der Waals surface area contributed by atoms with Crippen molar-refractivity contribution in [3.05, 3.63) is 24.3 Å². The minimum absolute atomic E-state index is 0.356. The van der Waals surface area contributed by atoms with Crippen molar-refractivity contribution in [2.45, 2.75) is 13.0 Å². The van der Waals surface area contributed by atoms with Gasteiger partial charge in [-0.05, 0) is 31.2 Å². The molecule has 0 aliphatic carbocycles. The van der Waals surface area contributed by atoms with Crippen LogP contribution in [-0.4, -0.2) is 56.2 Å². The molecule has 1 saturated heterocycles. The Kier molecular flexibility index (Phi) is 5.21. The van der Waals surface area contributed by atoms with Crippen molar-refractivity contribution in [2.75, 3.05) is 38.2 Å². The van der Waals surface area contributed by atoms with E-state index in [-0.39, 0.29) is 11.9 Å². The Bertz CT molecular complexity index is 524. The summed E-state index contributed by atoms with van der Waals surface area (Å²) in [6.07, 6.45) is 0. The number of carbonyl (C=O) groups excluding carboxylic acids is 2. The summed E-state index contributed by atoms with van der Waals surface area (Å²) in [7, 11) is 1.65. The van der Waals surface area contributed by atoms with Crippen molar-refractivity contribution in [3.8, 4) is 5.75 Å². The predicted molar refractivity (Wildman–Crippen MR) is 84.0 cm³/mol. The van der Waals surface area contributed by atoms with Crippen molar-refractivity contribution in [2.24, 2.45) is 5.73 Å². The molecule has 0 unspecified atom stereocenters. The number of nitrogens with zero attached hydrogens (tertiary/aromatic N) is 2. The van der Waals surface area contributed by atoms with E-state index in [1.807, 2.05) is 29.2 Å².